The van der Waals surface area contributed by atoms with E-state index in [2.05, 4.69) is 21.5 Å². The fourth-order valence-electron chi connectivity index (χ4n) is 2.72. The molecule has 0 radical (unpaired) electrons. The van der Waals surface area contributed by atoms with Crippen molar-refractivity contribution in [2.45, 2.75) is 32.4 Å². The van der Waals surface area contributed by atoms with Gasteiger partial charge in [-0.2, -0.15) is 5.10 Å². The molecule has 110 valence electrons. The van der Waals surface area contributed by atoms with Gasteiger partial charge >= 0.3 is 5.97 Å². The number of nitrogens with one attached hydrogen (secondary N) is 1. The van der Waals surface area contributed by atoms with E-state index in [1.165, 1.54) is 7.11 Å². The third kappa shape index (κ3) is 3.94. The van der Waals surface area contributed by atoms with Crippen LogP contribution in [0.5, 0.6) is 0 Å². The maximum atomic E-state index is 11.7. The van der Waals surface area contributed by atoms with Crippen molar-refractivity contribution in [1.82, 2.24) is 10.2 Å². The Morgan fingerprint density at radius 2 is 2.43 bits per heavy atom. The topological polar surface area (TPSA) is 87.9 Å². The fourth-order valence-corrected chi connectivity index (χ4v) is 2.72. The van der Waals surface area contributed by atoms with Crippen LogP contribution >= 0.6 is 0 Å². The second-order valence-corrected chi connectivity index (χ2v) is 5.48. The van der Waals surface area contributed by atoms with Gasteiger partial charge in [-0.3, -0.25) is 0 Å². The summed E-state index contributed by atoms with van der Waals surface area (Å²) >= 11 is 0. The van der Waals surface area contributed by atoms with Crippen molar-refractivity contribution >= 4 is 18.4 Å². The van der Waals surface area contributed by atoms with E-state index in [1.54, 1.807) is 6.07 Å². The van der Waals surface area contributed by atoms with Gasteiger partial charge in [0.25, 0.3) is 6.71 Å². The SMILES string of the molecule is COC(=O)c1nnc(C)cc1NCC1CCCB(C#N)C1. The van der Waals surface area contributed by atoms with Crippen LogP contribution in [0.25, 0.3) is 0 Å². The van der Waals surface area contributed by atoms with Crippen LogP contribution < -0.4 is 5.32 Å². The fraction of sp³-hybridized carbons (Fsp3) is 0.571. The first kappa shape index (κ1) is 15.3. The molecule has 0 saturated carbocycles. The van der Waals surface area contributed by atoms with Crippen molar-refractivity contribution in [2.75, 3.05) is 19.0 Å². The lowest BCUT2D eigenvalue weighted by Crippen LogP contribution is -2.26. The number of carbonyl (C=O) groups excluding carboxylic acids is 1. The molecule has 1 fully saturated rings. The number of methoxy groups -OCH3 is 1. The maximum absolute atomic E-state index is 11.7. The molecule has 0 aliphatic carbocycles. The molecule has 1 aromatic heterocycles. The molecule has 1 aliphatic rings. The minimum Gasteiger partial charge on any atom is -0.464 e. The number of ether oxygens (including phenoxy) is 1. The highest BCUT2D eigenvalue weighted by Crippen LogP contribution is 2.26. The van der Waals surface area contributed by atoms with Gasteiger partial charge in [0.1, 0.15) is 0 Å². The summed E-state index contributed by atoms with van der Waals surface area (Å²) in [4.78, 5) is 11.7. The third-order valence-corrected chi connectivity index (χ3v) is 3.84. The first-order valence-corrected chi connectivity index (χ1v) is 7.20. The summed E-state index contributed by atoms with van der Waals surface area (Å²) in [5.74, 6) is 2.31. The van der Waals surface area contributed by atoms with E-state index in [0.29, 0.717) is 11.6 Å². The Morgan fingerprint density at radius 1 is 1.62 bits per heavy atom. The zero-order valence-corrected chi connectivity index (χ0v) is 12.4. The van der Waals surface area contributed by atoms with Gasteiger partial charge in [0, 0.05) is 12.5 Å². The van der Waals surface area contributed by atoms with Crippen molar-refractivity contribution in [3.05, 3.63) is 17.5 Å². The number of anilines is 1. The van der Waals surface area contributed by atoms with E-state index < -0.39 is 5.97 Å². The lowest BCUT2D eigenvalue weighted by Gasteiger charge is -2.24. The minimum atomic E-state index is -0.497. The Morgan fingerprint density at radius 3 is 3.14 bits per heavy atom. The molecule has 6 nitrogen and oxygen atoms in total. The molecule has 1 N–H and O–H groups in total. The summed E-state index contributed by atoms with van der Waals surface area (Å²) in [5, 5.41) is 20.1. The molecule has 7 heteroatoms. The predicted molar refractivity (Wildman–Crippen MR) is 80.3 cm³/mol. The van der Waals surface area contributed by atoms with E-state index in [0.717, 1.165) is 37.7 Å². The van der Waals surface area contributed by atoms with Crippen LogP contribution in [-0.2, 0) is 4.74 Å². The zero-order chi connectivity index (χ0) is 15.2. The quantitative estimate of drug-likeness (QED) is 0.672. The van der Waals surface area contributed by atoms with E-state index in [9.17, 15) is 4.79 Å². The number of aryl methyl sites for hydroxylation is 1. The molecule has 2 rings (SSSR count). The van der Waals surface area contributed by atoms with Gasteiger partial charge in [-0.05, 0) is 18.9 Å². The van der Waals surface area contributed by atoms with Gasteiger partial charge in [-0.1, -0.05) is 25.5 Å². The Bertz CT molecular complexity index is 558. The smallest absolute Gasteiger partial charge is 0.360 e. The first-order chi connectivity index (χ1) is 10.1. The molecular formula is C14H19BN4O2. The van der Waals surface area contributed by atoms with Crippen molar-refractivity contribution in [1.29, 1.82) is 5.26 Å². The largest absolute Gasteiger partial charge is 0.464 e. The van der Waals surface area contributed by atoms with Crippen LogP contribution in [0.1, 0.15) is 29.0 Å². The number of hydrogen-bond acceptors (Lipinski definition) is 6. The summed E-state index contributed by atoms with van der Waals surface area (Å²) in [6.45, 7) is 2.71. The first-order valence-electron chi connectivity index (χ1n) is 7.20. The Hall–Kier alpha value is -2.10. The number of hydrogen-bond donors (Lipinski definition) is 1. The monoisotopic (exact) mass is 286 g/mol. The molecule has 0 amide bonds. The molecular weight excluding hydrogens is 267 g/mol. The Kier molecular flexibility index (Phi) is 5.15. The third-order valence-electron chi connectivity index (χ3n) is 3.84. The number of nitriles is 1. The summed E-state index contributed by atoms with van der Waals surface area (Å²) in [7, 11) is 1.33. The van der Waals surface area contributed by atoms with Gasteiger partial charge in [0.15, 0.2) is 5.69 Å². The number of rotatable bonds is 4. The molecule has 21 heavy (non-hydrogen) atoms. The summed E-state index contributed by atoms with van der Waals surface area (Å²) in [6.07, 6.45) is 4.10. The highest BCUT2D eigenvalue weighted by molar-refractivity contribution is 6.67. The van der Waals surface area contributed by atoms with Crippen LogP contribution in [0.3, 0.4) is 0 Å². The van der Waals surface area contributed by atoms with Crippen molar-refractivity contribution in [2.24, 2.45) is 5.92 Å². The average molecular weight is 286 g/mol. The highest BCUT2D eigenvalue weighted by atomic mass is 16.5. The van der Waals surface area contributed by atoms with Crippen LogP contribution in [0.4, 0.5) is 5.69 Å². The zero-order valence-electron chi connectivity index (χ0n) is 12.4. The van der Waals surface area contributed by atoms with Gasteiger partial charge in [0.2, 0.25) is 0 Å². The van der Waals surface area contributed by atoms with Crippen LogP contribution in [0.15, 0.2) is 6.07 Å². The molecule has 1 saturated heterocycles. The molecule has 1 atom stereocenters. The number of carbonyl (C=O) groups is 1. The second-order valence-electron chi connectivity index (χ2n) is 5.48. The molecule has 2 heterocycles. The molecule has 0 aromatic carbocycles. The van der Waals surface area contributed by atoms with Gasteiger partial charge in [-0.25, -0.2) is 10.1 Å². The van der Waals surface area contributed by atoms with Crippen molar-refractivity contribution in [3.63, 3.8) is 0 Å². The normalized spacial score (nSPS) is 18.0. The van der Waals surface area contributed by atoms with Crippen LogP contribution in [0, 0.1) is 24.1 Å². The van der Waals surface area contributed by atoms with E-state index in [1.807, 2.05) is 6.92 Å². The summed E-state index contributed by atoms with van der Waals surface area (Å²) in [6, 6.07) is 1.80. The van der Waals surface area contributed by atoms with E-state index in [-0.39, 0.29) is 12.4 Å². The van der Waals surface area contributed by atoms with Gasteiger partial charge < -0.3 is 10.1 Å². The van der Waals surface area contributed by atoms with Crippen LogP contribution in [0.2, 0.25) is 12.6 Å². The average Bonchev–Trinajstić information content (AvgIpc) is 2.52. The number of aromatic nitrogens is 2. The van der Waals surface area contributed by atoms with Crippen molar-refractivity contribution < 1.29 is 9.53 Å². The minimum absolute atomic E-state index is 0.155. The lowest BCUT2D eigenvalue weighted by atomic mass is 9.41. The lowest BCUT2D eigenvalue weighted by molar-refractivity contribution is 0.0594. The molecule has 1 aliphatic heterocycles. The van der Waals surface area contributed by atoms with Gasteiger partial charge in [-0.15, -0.1) is 5.10 Å². The number of esters is 1. The second kappa shape index (κ2) is 7.07. The number of nitrogens with zero attached hydrogens (tertiary/aromatic N) is 3. The maximum Gasteiger partial charge on any atom is 0.360 e. The summed E-state index contributed by atoms with van der Waals surface area (Å²) in [5.41, 5.74) is 1.59. The Labute approximate surface area is 125 Å². The van der Waals surface area contributed by atoms with E-state index in [4.69, 9.17) is 10.00 Å². The Balaban J connectivity index is 2.04. The molecule has 0 spiro atoms. The van der Waals surface area contributed by atoms with E-state index >= 15 is 0 Å². The molecule has 1 unspecified atom stereocenters. The molecule has 1 aromatic rings. The highest BCUT2D eigenvalue weighted by Gasteiger charge is 2.25. The standard InChI is InChI=1S/C14H19BN4O2/c1-10-6-12(13(19-18-10)14(20)21-2)17-8-11-4-3-5-15(7-11)9-16/h6,11H,3-5,7-8H2,1-2H3,(H,17,18). The van der Waals surface area contributed by atoms with Gasteiger partial charge in [0.05, 0.1) is 18.5 Å². The summed E-state index contributed by atoms with van der Waals surface area (Å²) < 4.78 is 4.72. The van der Waals surface area contributed by atoms with Crippen LogP contribution in [-0.4, -0.2) is 36.5 Å². The molecule has 0 bridgehead atoms. The van der Waals surface area contributed by atoms with Crippen molar-refractivity contribution in [3.8, 4) is 5.97 Å². The predicted octanol–water partition coefficient (Wildman–Crippen LogP) is 1.95.